The summed E-state index contributed by atoms with van der Waals surface area (Å²) >= 11 is 0. The molecule has 0 radical (unpaired) electrons. The monoisotopic (exact) mass is 826 g/mol. The van der Waals surface area contributed by atoms with Gasteiger partial charge in [-0.15, -0.1) is 0 Å². The average Bonchev–Trinajstić information content (AvgIpc) is 3.13. The number of hydrogen-bond acceptors (Lipinski definition) is 9. The zero-order chi connectivity index (χ0) is 43.0. The lowest BCUT2D eigenvalue weighted by Gasteiger charge is -2.16. The van der Waals surface area contributed by atoms with Crippen LogP contribution in [-0.2, 0) is 50.8 Å². The Morgan fingerprint density at radius 1 is 0.655 bits per heavy atom. The normalized spacial score (nSPS) is 12.7. The molecule has 2 N–H and O–H groups in total. The maximum atomic E-state index is 12.5. The van der Waals surface area contributed by atoms with Gasteiger partial charge in [-0.25, -0.2) is 14.6 Å². The van der Waals surface area contributed by atoms with Crippen molar-refractivity contribution in [1.82, 2.24) is 9.55 Å². The number of ether oxygens (including phenoxy) is 5. The second-order valence-electron chi connectivity index (χ2n) is 13.1. The van der Waals surface area contributed by atoms with Crippen molar-refractivity contribution in [3.63, 3.8) is 0 Å². The van der Waals surface area contributed by atoms with Crippen LogP contribution in [0.1, 0.15) is 49.9 Å². The van der Waals surface area contributed by atoms with Gasteiger partial charge >= 0.3 is 24.3 Å². The predicted octanol–water partition coefficient (Wildman–Crippen LogP) is 7.35. The SMILES string of the molecule is CC(C)OC(Cc1ccn(CCOc2ccc(C(F)(F)F)cc2)c(=O)c1)C(=O)O.CC(C)OC(Cc1ccnc(OCCOc2ccc(C(F)(F)F)cc2)c1)C(=O)O. The topological polar surface area (TPSA) is 156 Å². The minimum atomic E-state index is -4.41. The van der Waals surface area contributed by atoms with E-state index in [4.69, 9.17) is 23.7 Å². The van der Waals surface area contributed by atoms with Crippen LogP contribution < -0.4 is 19.8 Å². The van der Waals surface area contributed by atoms with Crippen molar-refractivity contribution in [3.8, 4) is 17.4 Å². The molecule has 0 saturated heterocycles. The standard InChI is InChI=1S/2C20H22F3NO5/c1-13(2)29-17(19(25)26)11-14-7-8-24-18(12-14)28-10-9-27-16-5-3-15(4-6-16)20(21,22)23;1-13(2)29-17(19(26)27)11-14-7-8-24(18(25)12-14)9-10-28-16-5-3-15(4-6-16)20(21,22)23/h3-8,12-13,17H,9-11H2,1-2H3,(H,25,26);3-8,12-13,17H,9-11H2,1-2H3,(H,26,27). The summed E-state index contributed by atoms with van der Waals surface area (Å²) in [5.41, 5.74) is -0.636. The van der Waals surface area contributed by atoms with E-state index in [-0.39, 0.29) is 68.6 Å². The van der Waals surface area contributed by atoms with E-state index in [1.807, 2.05) is 0 Å². The molecular weight excluding hydrogens is 782 g/mol. The van der Waals surface area contributed by atoms with Crippen LogP contribution in [0.2, 0.25) is 0 Å². The van der Waals surface area contributed by atoms with E-state index in [2.05, 4.69) is 4.98 Å². The molecule has 4 aromatic rings. The number of carboxylic acid groups (broad SMARTS) is 2. The number of carboxylic acids is 2. The van der Waals surface area contributed by atoms with Crippen LogP contribution in [-0.4, -0.2) is 75.9 Å². The van der Waals surface area contributed by atoms with Gasteiger partial charge in [0, 0.05) is 37.4 Å². The minimum absolute atomic E-state index is 0.0612. The maximum Gasteiger partial charge on any atom is 0.416 e. The lowest BCUT2D eigenvalue weighted by molar-refractivity contribution is -0.153. The quantitative estimate of drug-likeness (QED) is 0.0721. The van der Waals surface area contributed by atoms with Gasteiger partial charge in [0.25, 0.3) is 5.56 Å². The summed E-state index contributed by atoms with van der Waals surface area (Å²) in [6.07, 6.45) is -8.08. The fourth-order valence-corrected chi connectivity index (χ4v) is 5.04. The summed E-state index contributed by atoms with van der Waals surface area (Å²) in [7, 11) is 0. The zero-order valence-corrected chi connectivity index (χ0v) is 32.0. The molecule has 0 saturated carbocycles. The molecule has 0 fully saturated rings. The third-order valence-corrected chi connectivity index (χ3v) is 7.69. The number of carbonyl (C=O) groups is 2. The third kappa shape index (κ3) is 16.5. The number of pyridine rings is 2. The molecule has 0 amide bonds. The second-order valence-corrected chi connectivity index (χ2v) is 13.1. The lowest BCUT2D eigenvalue weighted by atomic mass is 10.1. The Balaban J connectivity index is 0.000000310. The van der Waals surface area contributed by atoms with Crippen molar-refractivity contribution in [2.45, 2.75) is 83.8 Å². The Morgan fingerprint density at radius 2 is 1.10 bits per heavy atom. The number of alkyl halides is 6. The first-order valence-corrected chi connectivity index (χ1v) is 17.8. The highest BCUT2D eigenvalue weighted by atomic mass is 19.4. The van der Waals surface area contributed by atoms with Gasteiger partial charge in [-0.05, 0) is 99.5 Å². The molecule has 316 valence electrons. The van der Waals surface area contributed by atoms with Gasteiger partial charge in [0.2, 0.25) is 5.88 Å². The van der Waals surface area contributed by atoms with E-state index >= 15 is 0 Å². The molecule has 2 aromatic carbocycles. The molecule has 0 bridgehead atoms. The Hall–Kier alpha value is -5.62. The Kier molecular flexibility index (Phi) is 17.6. The van der Waals surface area contributed by atoms with Crippen LogP contribution in [0, 0.1) is 0 Å². The summed E-state index contributed by atoms with van der Waals surface area (Å²) in [6.45, 7) is 7.45. The minimum Gasteiger partial charge on any atom is -0.492 e. The van der Waals surface area contributed by atoms with E-state index in [0.717, 1.165) is 24.3 Å². The smallest absolute Gasteiger partial charge is 0.416 e. The maximum absolute atomic E-state index is 12.5. The van der Waals surface area contributed by atoms with Gasteiger partial charge in [-0.1, -0.05) is 0 Å². The van der Waals surface area contributed by atoms with Crippen LogP contribution in [0.4, 0.5) is 26.3 Å². The molecular formula is C40H44F6N2O10. The van der Waals surface area contributed by atoms with E-state index in [9.17, 15) is 50.9 Å². The summed E-state index contributed by atoms with van der Waals surface area (Å²) in [6, 6.07) is 14.9. The van der Waals surface area contributed by atoms with Crippen molar-refractivity contribution < 1.29 is 69.8 Å². The van der Waals surface area contributed by atoms with Crippen LogP contribution in [0.25, 0.3) is 0 Å². The van der Waals surface area contributed by atoms with Crippen LogP contribution in [0.15, 0.2) is 90.0 Å². The molecule has 12 nitrogen and oxygen atoms in total. The first-order valence-electron chi connectivity index (χ1n) is 17.8. The molecule has 0 aliphatic rings. The summed E-state index contributed by atoms with van der Waals surface area (Å²) in [5.74, 6) is -1.32. The number of rotatable bonds is 19. The second kappa shape index (κ2) is 21.8. The molecule has 2 aromatic heterocycles. The van der Waals surface area contributed by atoms with E-state index in [0.29, 0.717) is 16.9 Å². The van der Waals surface area contributed by atoms with E-state index < -0.39 is 47.6 Å². The summed E-state index contributed by atoms with van der Waals surface area (Å²) < 4.78 is 103. The molecule has 2 atom stereocenters. The Labute approximate surface area is 329 Å². The third-order valence-electron chi connectivity index (χ3n) is 7.69. The van der Waals surface area contributed by atoms with Crippen molar-refractivity contribution in [2.75, 3.05) is 19.8 Å². The largest absolute Gasteiger partial charge is 0.492 e. The molecule has 4 rings (SSSR count). The Morgan fingerprint density at radius 3 is 1.53 bits per heavy atom. The first-order chi connectivity index (χ1) is 27.2. The van der Waals surface area contributed by atoms with Gasteiger partial charge in [-0.3, -0.25) is 4.79 Å². The summed E-state index contributed by atoms with van der Waals surface area (Å²) in [4.78, 5) is 38.8. The van der Waals surface area contributed by atoms with Crippen molar-refractivity contribution in [3.05, 3.63) is 118 Å². The van der Waals surface area contributed by atoms with Crippen molar-refractivity contribution >= 4 is 11.9 Å². The van der Waals surface area contributed by atoms with Gasteiger partial charge in [0.05, 0.1) is 29.9 Å². The van der Waals surface area contributed by atoms with Crippen molar-refractivity contribution in [2.24, 2.45) is 0 Å². The van der Waals surface area contributed by atoms with Gasteiger partial charge in [0.1, 0.15) is 31.3 Å². The number of hydrogen-bond donors (Lipinski definition) is 2. The number of aromatic nitrogens is 2. The van der Waals surface area contributed by atoms with Crippen LogP contribution in [0.5, 0.6) is 17.4 Å². The number of halogens is 6. The highest BCUT2D eigenvalue weighted by molar-refractivity contribution is 5.73. The van der Waals surface area contributed by atoms with Crippen LogP contribution >= 0.6 is 0 Å². The van der Waals surface area contributed by atoms with E-state index in [1.165, 1.54) is 47.3 Å². The molecule has 2 heterocycles. The van der Waals surface area contributed by atoms with Crippen LogP contribution in [0.3, 0.4) is 0 Å². The van der Waals surface area contributed by atoms with E-state index in [1.54, 1.807) is 45.9 Å². The number of benzene rings is 2. The van der Waals surface area contributed by atoms with Crippen molar-refractivity contribution in [1.29, 1.82) is 0 Å². The molecule has 0 aliphatic heterocycles. The predicted molar refractivity (Wildman–Crippen MR) is 197 cm³/mol. The van der Waals surface area contributed by atoms with Gasteiger partial charge in [-0.2, -0.15) is 26.3 Å². The number of nitrogens with zero attached hydrogens (tertiary/aromatic N) is 2. The molecule has 58 heavy (non-hydrogen) atoms. The molecule has 0 spiro atoms. The fourth-order valence-electron chi connectivity index (χ4n) is 5.04. The lowest BCUT2D eigenvalue weighted by Crippen LogP contribution is -2.30. The van der Waals surface area contributed by atoms with Gasteiger partial charge in [0.15, 0.2) is 12.2 Å². The summed E-state index contributed by atoms with van der Waals surface area (Å²) in [5, 5.41) is 18.5. The average molecular weight is 827 g/mol. The highest BCUT2D eigenvalue weighted by Crippen LogP contribution is 2.31. The first kappa shape index (κ1) is 46.8. The zero-order valence-electron chi connectivity index (χ0n) is 32.0. The molecule has 18 heteroatoms. The number of aliphatic carboxylic acids is 2. The fraction of sp³-hybridized carbons (Fsp3) is 0.400. The van der Waals surface area contributed by atoms with Gasteiger partial charge < -0.3 is 38.5 Å². The molecule has 0 aliphatic carbocycles. The molecule has 2 unspecified atom stereocenters. The highest BCUT2D eigenvalue weighted by Gasteiger charge is 2.31. The Bertz CT molecular complexity index is 1950.